The molecular formula is C28H26ClN3O4. The van der Waals surface area contributed by atoms with Gasteiger partial charge in [-0.2, -0.15) is 0 Å². The van der Waals surface area contributed by atoms with E-state index in [-0.39, 0.29) is 11.6 Å². The molecule has 1 aromatic heterocycles. The normalized spacial score (nSPS) is 14.3. The third-order valence-electron chi connectivity index (χ3n) is 7.01. The number of imidazole rings is 1. The average molecular weight is 504 g/mol. The second-order valence-electron chi connectivity index (χ2n) is 9.29. The Labute approximate surface area is 213 Å². The highest BCUT2D eigenvalue weighted by Crippen LogP contribution is 2.46. The predicted octanol–water partition coefficient (Wildman–Crippen LogP) is 4.86. The van der Waals surface area contributed by atoms with Crippen molar-refractivity contribution in [1.82, 2.24) is 14.0 Å². The summed E-state index contributed by atoms with van der Waals surface area (Å²) in [6, 6.07) is 19.7. The lowest BCUT2D eigenvalue weighted by atomic mass is 9.71. The zero-order chi connectivity index (χ0) is 25.6. The molecule has 5 rings (SSSR count). The van der Waals surface area contributed by atoms with Gasteiger partial charge in [-0.3, -0.25) is 13.9 Å². The Morgan fingerprint density at radius 3 is 2.28 bits per heavy atom. The van der Waals surface area contributed by atoms with Gasteiger partial charge in [-0.15, -0.1) is 0 Å². The number of methoxy groups -OCH3 is 1. The zero-order valence-corrected chi connectivity index (χ0v) is 21.1. The number of carbonyl (C=O) groups is 2. The molecule has 1 fully saturated rings. The van der Waals surface area contributed by atoms with Crippen molar-refractivity contribution >= 4 is 34.5 Å². The van der Waals surface area contributed by atoms with E-state index in [9.17, 15) is 14.4 Å². The van der Waals surface area contributed by atoms with E-state index in [4.69, 9.17) is 16.3 Å². The Bertz CT molecular complexity index is 1550. The number of nitrogens with zero attached hydrogens (tertiary/aromatic N) is 3. The minimum absolute atomic E-state index is 0.113. The van der Waals surface area contributed by atoms with Gasteiger partial charge in [0.2, 0.25) is 0 Å². The van der Waals surface area contributed by atoms with Crippen LogP contribution in [0.5, 0.6) is 0 Å². The lowest BCUT2D eigenvalue weighted by Gasteiger charge is -2.43. The molecule has 184 valence electrons. The third kappa shape index (κ3) is 3.71. The summed E-state index contributed by atoms with van der Waals surface area (Å²) in [6.07, 6.45) is 2.47. The predicted molar refractivity (Wildman–Crippen MR) is 139 cm³/mol. The van der Waals surface area contributed by atoms with Crippen LogP contribution in [0.4, 0.5) is 0 Å². The Balaban J connectivity index is 1.72. The molecule has 1 saturated carbocycles. The van der Waals surface area contributed by atoms with Crippen LogP contribution in [0.2, 0.25) is 5.02 Å². The van der Waals surface area contributed by atoms with E-state index < -0.39 is 11.5 Å². The van der Waals surface area contributed by atoms with E-state index in [2.05, 4.69) is 0 Å². The number of halogens is 1. The first-order chi connectivity index (χ1) is 17.3. The van der Waals surface area contributed by atoms with Crippen LogP contribution < -0.4 is 5.69 Å². The SMILES string of the molecule is COC(=O)c1cccc(C2(n3c(=O)n(-c4ccc(C(=O)N(C)C)cc4)c4cc(Cl)ccc43)CCC2)c1. The van der Waals surface area contributed by atoms with E-state index in [0.29, 0.717) is 27.4 Å². The highest BCUT2D eigenvalue weighted by Gasteiger charge is 2.43. The number of aromatic nitrogens is 2. The van der Waals surface area contributed by atoms with Crippen LogP contribution in [0, 0.1) is 0 Å². The fraction of sp³-hybridized carbons (Fsp3) is 0.250. The van der Waals surface area contributed by atoms with Gasteiger partial charge in [0.1, 0.15) is 0 Å². The lowest BCUT2D eigenvalue weighted by molar-refractivity contribution is 0.0600. The van der Waals surface area contributed by atoms with Gasteiger partial charge in [-0.25, -0.2) is 9.59 Å². The standard InChI is InChI=1S/C28H26ClN3O4/c1-30(2)25(33)18-8-11-22(12-9-18)31-24-17-21(29)10-13-23(24)32(27(31)35)28(14-5-15-28)20-7-4-6-19(16-20)26(34)36-3/h4,6-13,16-17H,5,14-15H2,1-3H3. The van der Waals surface area contributed by atoms with Crippen molar-refractivity contribution in [2.75, 3.05) is 21.2 Å². The molecule has 1 amide bonds. The molecule has 0 unspecified atom stereocenters. The van der Waals surface area contributed by atoms with Gasteiger partial charge < -0.3 is 9.64 Å². The number of carbonyl (C=O) groups excluding carboxylic acids is 2. The molecule has 1 aliphatic rings. The van der Waals surface area contributed by atoms with Gasteiger partial charge in [-0.1, -0.05) is 23.7 Å². The van der Waals surface area contributed by atoms with Crippen LogP contribution in [-0.4, -0.2) is 47.1 Å². The van der Waals surface area contributed by atoms with E-state index >= 15 is 0 Å². The summed E-state index contributed by atoms with van der Waals surface area (Å²) < 4.78 is 8.38. The fourth-order valence-electron chi connectivity index (χ4n) is 5.05. The van der Waals surface area contributed by atoms with Gasteiger partial charge in [-0.05, 0) is 79.4 Å². The quantitative estimate of drug-likeness (QED) is 0.364. The molecule has 0 spiro atoms. The zero-order valence-electron chi connectivity index (χ0n) is 20.3. The smallest absolute Gasteiger partial charge is 0.337 e. The molecule has 0 bridgehead atoms. The number of amides is 1. The van der Waals surface area contributed by atoms with Gasteiger partial charge in [0.15, 0.2) is 0 Å². The summed E-state index contributed by atoms with van der Waals surface area (Å²) in [6.45, 7) is 0. The summed E-state index contributed by atoms with van der Waals surface area (Å²) >= 11 is 6.37. The van der Waals surface area contributed by atoms with Crippen LogP contribution in [0.25, 0.3) is 16.7 Å². The van der Waals surface area contributed by atoms with Crippen molar-refractivity contribution in [3.8, 4) is 5.69 Å². The first-order valence-electron chi connectivity index (χ1n) is 11.7. The molecule has 7 nitrogen and oxygen atoms in total. The summed E-state index contributed by atoms with van der Waals surface area (Å²) in [5.74, 6) is -0.529. The first-order valence-corrected chi connectivity index (χ1v) is 12.1. The molecule has 36 heavy (non-hydrogen) atoms. The monoisotopic (exact) mass is 503 g/mol. The maximum Gasteiger partial charge on any atom is 0.337 e. The number of hydrogen-bond donors (Lipinski definition) is 0. The van der Waals surface area contributed by atoms with E-state index in [0.717, 1.165) is 30.3 Å². The van der Waals surface area contributed by atoms with Gasteiger partial charge >= 0.3 is 11.7 Å². The molecule has 1 heterocycles. The summed E-state index contributed by atoms with van der Waals surface area (Å²) in [5.41, 5.74) is 3.13. The number of ether oxygens (including phenoxy) is 1. The van der Waals surface area contributed by atoms with E-state index in [1.54, 1.807) is 61.1 Å². The van der Waals surface area contributed by atoms with Crippen LogP contribution >= 0.6 is 11.6 Å². The van der Waals surface area contributed by atoms with Crippen LogP contribution in [0.15, 0.2) is 71.5 Å². The highest BCUT2D eigenvalue weighted by atomic mass is 35.5. The van der Waals surface area contributed by atoms with Crippen molar-refractivity contribution in [2.24, 2.45) is 0 Å². The number of benzene rings is 3. The Morgan fingerprint density at radius 1 is 0.944 bits per heavy atom. The number of fused-ring (bicyclic) bond motifs is 1. The molecule has 0 saturated heterocycles. The number of hydrogen-bond acceptors (Lipinski definition) is 4. The Morgan fingerprint density at radius 2 is 1.67 bits per heavy atom. The Kier molecular flexibility index (Phi) is 5.96. The maximum atomic E-state index is 14.1. The van der Waals surface area contributed by atoms with Gasteiger partial charge in [0.05, 0.1) is 34.9 Å². The van der Waals surface area contributed by atoms with Crippen LogP contribution in [0.1, 0.15) is 45.5 Å². The van der Waals surface area contributed by atoms with Crippen LogP contribution in [0.3, 0.4) is 0 Å². The maximum absolute atomic E-state index is 14.1. The molecule has 8 heteroatoms. The fourth-order valence-corrected chi connectivity index (χ4v) is 5.22. The molecule has 1 aliphatic carbocycles. The number of rotatable bonds is 5. The molecular weight excluding hydrogens is 478 g/mol. The molecule has 3 aromatic carbocycles. The minimum Gasteiger partial charge on any atom is -0.465 e. The van der Waals surface area contributed by atoms with E-state index in [1.807, 2.05) is 28.8 Å². The average Bonchev–Trinajstić information content (AvgIpc) is 3.14. The number of esters is 1. The topological polar surface area (TPSA) is 73.5 Å². The second-order valence-corrected chi connectivity index (χ2v) is 9.73. The molecule has 0 radical (unpaired) electrons. The van der Waals surface area contributed by atoms with Crippen molar-refractivity contribution in [3.63, 3.8) is 0 Å². The Hall–Kier alpha value is -3.84. The summed E-state index contributed by atoms with van der Waals surface area (Å²) in [4.78, 5) is 40.2. The first kappa shape index (κ1) is 23.9. The summed E-state index contributed by atoms with van der Waals surface area (Å²) in [7, 11) is 4.75. The van der Waals surface area contributed by atoms with Crippen molar-refractivity contribution in [1.29, 1.82) is 0 Å². The van der Waals surface area contributed by atoms with Crippen molar-refractivity contribution < 1.29 is 14.3 Å². The summed E-state index contributed by atoms with van der Waals surface area (Å²) in [5, 5.41) is 0.517. The molecule has 0 N–H and O–H groups in total. The van der Waals surface area contributed by atoms with Crippen molar-refractivity contribution in [3.05, 3.63) is 98.9 Å². The third-order valence-corrected chi connectivity index (χ3v) is 7.25. The van der Waals surface area contributed by atoms with Crippen LogP contribution in [-0.2, 0) is 10.3 Å². The second kappa shape index (κ2) is 8.99. The lowest BCUT2D eigenvalue weighted by Crippen LogP contribution is -2.47. The van der Waals surface area contributed by atoms with Crippen molar-refractivity contribution in [2.45, 2.75) is 24.8 Å². The minimum atomic E-state index is -0.598. The van der Waals surface area contributed by atoms with Gasteiger partial charge in [0.25, 0.3) is 5.91 Å². The largest absolute Gasteiger partial charge is 0.465 e. The highest BCUT2D eigenvalue weighted by molar-refractivity contribution is 6.31. The molecule has 0 atom stereocenters. The molecule has 0 aliphatic heterocycles. The van der Waals surface area contributed by atoms with Gasteiger partial charge in [0, 0.05) is 24.7 Å². The van der Waals surface area contributed by atoms with E-state index in [1.165, 1.54) is 12.0 Å². The molecule has 4 aromatic rings.